The van der Waals surface area contributed by atoms with Crippen molar-refractivity contribution in [2.24, 2.45) is 11.1 Å². The summed E-state index contributed by atoms with van der Waals surface area (Å²) in [6.07, 6.45) is 6.33. The van der Waals surface area contributed by atoms with E-state index in [9.17, 15) is 4.79 Å². The molecule has 16 heavy (non-hydrogen) atoms. The molecule has 1 rings (SSSR count). The molecule has 3 nitrogen and oxygen atoms in total. The van der Waals surface area contributed by atoms with Gasteiger partial charge in [-0.25, -0.2) is 0 Å². The Morgan fingerprint density at radius 2 is 2.00 bits per heavy atom. The van der Waals surface area contributed by atoms with Gasteiger partial charge >= 0.3 is 0 Å². The molecule has 0 heterocycles. The van der Waals surface area contributed by atoms with Crippen LogP contribution in [0.2, 0.25) is 0 Å². The average molecular weight is 226 g/mol. The highest BCUT2D eigenvalue weighted by molar-refractivity contribution is 5.81. The summed E-state index contributed by atoms with van der Waals surface area (Å²) in [7, 11) is 0. The van der Waals surface area contributed by atoms with E-state index in [1.807, 2.05) is 0 Å². The van der Waals surface area contributed by atoms with Crippen molar-refractivity contribution < 1.29 is 4.79 Å². The van der Waals surface area contributed by atoms with Crippen molar-refractivity contribution in [3.8, 4) is 0 Å². The topological polar surface area (TPSA) is 55.1 Å². The van der Waals surface area contributed by atoms with Gasteiger partial charge in [-0.15, -0.1) is 0 Å². The maximum absolute atomic E-state index is 11.7. The third-order valence-corrected chi connectivity index (χ3v) is 3.62. The number of hydrogen-bond donors (Lipinski definition) is 2. The predicted molar refractivity (Wildman–Crippen MR) is 67.1 cm³/mol. The van der Waals surface area contributed by atoms with Gasteiger partial charge in [-0.3, -0.25) is 4.79 Å². The van der Waals surface area contributed by atoms with Crippen molar-refractivity contribution in [2.45, 2.75) is 71.4 Å². The first-order valence-electron chi connectivity index (χ1n) is 6.50. The van der Waals surface area contributed by atoms with Crippen LogP contribution < -0.4 is 11.1 Å². The van der Waals surface area contributed by atoms with Crippen LogP contribution in [0.15, 0.2) is 0 Å². The highest BCUT2D eigenvalue weighted by Crippen LogP contribution is 2.34. The molecule has 0 unspecified atom stereocenters. The second-order valence-electron chi connectivity index (χ2n) is 5.84. The lowest BCUT2D eigenvalue weighted by Crippen LogP contribution is -2.47. The van der Waals surface area contributed by atoms with Crippen molar-refractivity contribution in [1.82, 2.24) is 5.32 Å². The van der Waals surface area contributed by atoms with E-state index < -0.39 is 0 Å². The predicted octanol–water partition coefficient (Wildman–Crippen LogP) is 2.20. The second kappa shape index (κ2) is 5.67. The highest BCUT2D eigenvalue weighted by atomic mass is 16.2. The monoisotopic (exact) mass is 226 g/mol. The molecule has 1 aliphatic rings. The molecular formula is C13H26N2O. The molecular weight excluding hydrogens is 200 g/mol. The van der Waals surface area contributed by atoms with E-state index in [1.165, 1.54) is 12.8 Å². The summed E-state index contributed by atoms with van der Waals surface area (Å²) in [5.41, 5.74) is 6.24. The summed E-state index contributed by atoms with van der Waals surface area (Å²) >= 11 is 0. The van der Waals surface area contributed by atoms with Crippen molar-refractivity contribution in [1.29, 1.82) is 0 Å². The molecule has 3 N–H and O–H groups in total. The molecule has 0 aromatic carbocycles. The number of nitrogens with one attached hydrogen (secondary N) is 1. The number of carbonyl (C=O) groups is 1. The van der Waals surface area contributed by atoms with Gasteiger partial charge in [0.2, 0.25) is 5.91 Å². The van der Waals surface area contributed by atoms with Gasteiger partial charge in [0, 0.05) is 6.04 Å². The summed E-state index contributed by atoms with van der Waals surface area (Å²) in [6.45, 7) is 6.65. The fourth-order valence-corrected chi connectivity index (χ4v) is 2.29. The lowest BCUT2D eigenvalue weighted by Gasteiger charge is -2.35. The third kappa shape index (κ3) is 4.12. The van der Waals surface area contributed by atoms with Gasteiger partial charge in [0.25, 0.3) is 0 Å². The average Bonchev–Trinajstić information content (AvgIpc) is 2.21. The molecule has 94 valence electrons. The standard InChI is InChI=1S/C13H26N2O/c1-4-5-11(14)12(16)15-10-6-8-13(2,3)9-7-10/h10-11H,4-9,14H2,1-3H3,(H,15,16)/t11-/m1/s1. The Bertz CT molecular complexity index is 228. The Morgan fingerprint density at radius 1 is 1.44 bits per heavy atom. The molecule has 0 aromatic rings. The summed E-state index contributed by atoms with van der Waals surface area (Å²) < 4.78 is 0. The van der Waals surface area contributed by atoms with Gasteiger partial charge in [-0.2, -0.15) is 0 Å². The van der Waals surface area contributed by atoms with E-state index in [1.54, 1.807) is 0 Å². The van der Waals surface area contributed by atoms with Crippen molar-refractivity contribution in [3.05, 3.63) is 0 Å². The smallest absolute Gasteiger partial charge is 0.237 e. The number of hydrogen-bond acceptors (Lipinski definition) is 2. The Hall–Kier alpha value is -0.570. The molecule has 1 saturated carbocycles. The molecule has 1 fully saturated rings. The van der Waals surface area contributed by atoms with Crippen LogP contribution >= 0.6 is 0 Å². The Morgan fingerprint density at radius 3 is 2.50 bits per heavy atom. The second-order valence-corrected chi connectivity index (χ2v) is 5.84. The summed E-state index contributed by atoms with van der Waals surface area (Å²) in [5, 5.41) is 3.08. The molecule has 1 aliphatic carbocycles. The summed E-state index contributed by atoms with van der Waals surface area (Å²) in [4.78, 5) is 11.7. The maximum Gasteiger partial charge on any atom is 0.237 e. The van der Waals surface area contributed by atoms with Crippen molar-refractivity contribution in [2.75, 3.05) is 0 Å². The zero-order valence-electron chi connectivity index (χ0n) is 10.9. The van der Waals surface area contributed by atoms with Crippen LogP contribution in [0.1, 0.15) is 59.3 Å². The van der Waals surface area contributed by atoms with E-state index >= 15 is 0 Å². The molecule has 0 bridgehead atoms. The summed E-state index contributed by atoms with van der Waals surface area (Å²) in [5.74, 6) is 0.0338. The van der Waals surface area contributed by atoms with Crippen LogP contribution in [-0.4, -0.2) is 18.0 Å². The van der Waals surface area contributed by atoms with Crippen LogP contribution in [-0.2, 0) is 4.79 Å². The molecule has 0 saturated heterocycles. The molecule has 3 heteroatoms. The zero-order valence-corrected chi connectivity index (χ0v) is 10.9. The number of rotatable bonds is 4. The zero-order chi connectivity index (χ0) is 12.2. The van der Waals surface area contributed by atoms with Gasteiger partial charge in [0.05, 0.1) is 6.04 Å². The maximum atomic E-state index is 11.7. The molecule has 0 radical (unpaired) electrons. The van der Waals surface area contributed by atoms with E-state index in [-0.39, 0.29) is 11.9 Å². The van der Waals surface area contributed by atoms with Gasteiger partial charge < -0.3 is 11.1 Å². The Labute approximate surface area is 99.2 Å². The van der Waals surface area contributed by atoms with Gasteiger partial charge in [0.15, 0.2) is 0 Å². The largest absolute Gasteiger partial charge is 0.352 e. The minimum absolute atomic E-state index is 0.0338. The quantitative estimate of drug-likeness (QED) is 0.772. The third-order valence-electron chi connectivity index (χ3n) is 3.62. The Balaban J connectivity index is 2.31. The van der Waals surface area contributed by atoms with Crippen LogP contribution in [0.5, 0.6) is 0 Å². The fraction of sp³-hybridized carbons (Fsp3) is 0.923. The first-order valence-corrected chi connectivity index (χ1v) is 6.50. The molecule has 1 amide bonds. The van der Waals surface area contributed by atoms with Gasteiger partial charge in [-0.1, -0.05) is 27.2 Å². The fourth-order valence-electron chi connectivity index (χ4n) is 2.29. The molecule has 1 atom stereocenters. The number of carbonyl (C=O) groups excluding carboxylic acids is 1. The van der Waals surface area contributed by atoms with Crippen LogP contribution in [0, 0.1) is 5.41 Å². The first kappa shape index (κ1) is 13.5. The number of nitrogens with two attached hydrogens (primary N) is 1. The number of amides is 1. The minimum atomic E-state index is -0.320. The van der Waals surface area contributed by atoms with E-state index in [4.69, 9.17) is 5.73 Å². The van der Waals surface area contributed by atoms with Gasteiger partial charge in [-0.05, 0) is 37.5 Å². The minimum Gasteiger partial charge on any atom is -0.352 e. The first-order chi connectivity index (χ1) is 7.44. The summed E-state index contributed by atoms with van der Waals surface area (Å²) in [6, 6.07) is 0.0309. The normalized spacial score (nSPS) is 22.8. The Kier molecular flexibility index (Phi) is 4.78. The SMILES string of the molecule is CCC[C@@H](N)C(=O)NC1CCC(C)(C)CC1. The lowest BCUT2D eigenvalue weighted by molar-refractivity contribution is -0.123. The van der Waals surface area contributed by atoms with Gasteiger partial charge in [0.1, 0.15) is 0 Å². The molecule has 0 aromatic heterocycles. The van der Waals surface area contributed by atoms with Crippen LogP contribution in [0.25, 0.3) is 0 Å². The lowest BCUT2D eigenvalue weighted by atomic mass is 9.75. The van der Waals surface area contributed by atoms with Crippen molar-refractivity contribution >= 4 is 5.91 Å². The van der Waals surface area contributed by atoms with Crippen molar-refractivity contribution in [3.63, 3.8) is 0 Å². The highest BCUT2D eigenvalue weighted by Gasteiger charge is 2.28. The van der Waals surface area contributed by atoms with E-state index in [0.717, 1.165) is 25.7 Å². The van der Waals surface area contributed by atoms with E-state index in [2.05, 4.69) is 26.1 Å². The van der Waals surface area contributed by atoms with Crippen LogP contribution in [0.3, 0.4) is 0 Å². The van der Waals surface area contributed by atoms with Crippen LogP contribution in [0.4, 0.5) is 0 Å². The molecule has 0 aliphatic heterocycles. The van der Waals surface area contributed by atoms with E-state index in [0.29, 0.717) is 11.5 Å². The molecule has 0 spiro atoms.